The molecule has 0 radical (unpaired) electrons. The van der Waals surface area contributed by atoms with E-state index in [0.717, 1.165) is 16.6 Å². The Hall–Kier alpha value is -1.31. The molecule has 0 aliphatic heterocycles. The molecule has 3 nitrogen and oxygen atoms in total. The van der Waals surface area contributed by atoms with Crippen LogP contribution in [-0.4, -0.2) is 23.0 Å². The van der Waals surface area contributed by atoms with Gasteiger partial charge >= 0.3 is 0 Å². The summed E-state index contributed by atoms with van der Waals surface area (Å²) < 4.78 is 0. The molecule has 0 fully saturated rings. The van der Waals surface area contributed by atoms with Crippen molar-refractivity contribution in [3.8, 4) is 11.5 Å². The van der Waals surface area contributed by atoms with Crippen molar-refractivity contribution in [2.24, 2.45) is 0 Å². The molecule has 0 unspecified atom stereocenters. The number of rotatable bonds is 0. The SMILES string of the molecule is C[Si](C)(C)C#Cc1c[nH]c2ncnc(Cl)c12. The topological polar surface area (TPSA) is 41.6 Å². The van der Waals surface area contributed by atoms with Crippen LogP contribution >= 0.6 is 11.6 Å². The van der Waals surface area contributed by atoms with Crippen LogP contribution in [0.2, 0.25) is 24.8 Å². The Labute approximate surface area is 100 Å². The average molecular weight is 250 g/mol. The Kier molecular flexibility index (Phi) is 2.74. The maximum atomic E-state index is 6.03. The predicted molar refractivity (Wildman–Crippen MR) is 69.1 cm³/mol. The van der Waals surface area contributed by atoms with Crippen molar-refractivity contribution in [3.63, 3.8) is 0 Å². The van der Waals surface area contributed by atoms with Crippen LogP contribution in [0.1, 0.15) is 5.56 Å². The standard InChI is InChI=1S/C11H12ClN3Si/c1-16(2,3)5-4-8-6-13-11-9(8)10(12)14-7-15-11/h6-7H,1-3H3,(H,13,14,15). The molecule has 0 bridgehead atoms. The van der Waals surface area contributed by atoms with Gasteiger partial charge in [-0.15, -0.1) is 5.54 Å². The van der Waals surface area contributed by atoms with E-state index in [1.807, 2.05) is 6.20 Å². The number of hydrogen-bond acceptors (Lipinski definition) is 2. The number of aromatic amines is 1. The zero-order chi connectivity index (χ0) is 11.8. The molecule has 0 aromatic carbocycles. The number of nitrogens with zero attached hydrogens (tertiary/aromatic N) is 2. The lowest BCUT2D eigenvalue weighted by molar-refractivity contribution is 1.20. The summed E-state index contributed by atoms with van der Waals surface area (Å²) in [4.78, 5) is 11.1. The lowest BCUT2D eigenvalue weighted by atomic mass is 10.2. The van der Waals surface area contributed by atoms with E-state index in [4.69, 9.17) is 11.6 Å². The van der Waals surface area contributed by atoms with Crippen LogP contribution in [-0.2, 0) is 0 Å². The molecule has 16 heavy (non-hydrogen) atoms. The number of fused-ring (bicyclic) bond motifs is 1. The Morgan fingerprint density at radius 2 is 2.06 bits per heavy atom. The first-order chi connectivity index (χ1) is 7.47. The zero-order valence-electron chi connectivity index (χ0n) is 9.43. The van der Waals surface area contributed by atoms with Crippen molar-refractivity contribution in [3.05, 3.63) is 23.2 Å². The van der Waals surface area contributed by atoms with E-state index in [0.29, 0.717) is 5.15 Å². The molecule has 2 rings (SSSR count). The molecule has 0 atom stereocenters. The molecule has 0 amide bonds. The molecule has 0 spiro atoms. The molecular formula is C11H12ClN3Si. The third-order valence-corrected chi connectivity index (χ3v) is 3.16. The van der Waals surface area contributed by atoms with Gasteiger partial charge < -0.3 is 4.98 Å². The smallest absolute Gasteiger partial charge is 0.143 e. The second-order valence-corrected chi connectivity index (χ2v) is 9.70. The minimum atomic E-state index is -1.38. The first-order valence-corrected chi connectivity index (χ1v) is 8.86. The molecule has 0 aliphatic rings. The minimum Gasteiger partial charge on any atom is -0.345 e. The van der Waals surface area contributed by atoms with E-state index in [9.17, 15) is 0 Å². The van der Waals surface area contributed by atoms with Gasteiger partial charge in [0, 0.05) is 6.20 Å². The highest BCUT2D eigenvalue weighted by Crippen LogP contribution is 2.22. The summed E-state index contributed by atoms with van der Waals surface area (Å²) in [6.45, 7) is 6.60. The first kappa shape index (κ1) is 11.2. The van der Waals surface area contributed by atoms with Gasteiger partial charge in [-0.1, -0.05) is 37.2 Å². The number of halogens is 1. The van der Waals surface area contributed by atoms with Gasteiger partial charge in [-0.05, 0) is 0 Å². The molecule has 2 aromatic heterocycles. The fourth-order valence-corrected chi connectivity index (χ4v) is 2.02. The summed E-state index contributed by atoms with van der Waals surface area (Å²) in [6, 6.07) is 0. The van der Waals surface area contributed by atoms with Crippen LogP contribution in [0.5, 0.6) is 0 Å². The fraction of sp³-hybridized carbons (Fsp3) is 0.273. The Balaban J connectivity index is 2.57. The summed E-state index contributed by atoms with van der Waals surface area (Å²) in [5, 5.41) is 1.26. The summed E-state index contributed by atoms with van der Waals surface area (Å²) in [5.41, 5.74) is 4.91. The highest BCUT2D eigenvalue weighted by Gasteiger charge is 2.10. The Morgan fingerprint density at radius 3 is 2.75 bits per heavy atom. The highest BCUT2D eigenvalue weighted by atomic mass is 35.5. The van der Waals surface area contributed by atoms with E-state index in [-0.39, 0.29) is 0 Å². The first-order valence-electron chi connectivity index (χ1n) is 4.98. The minimum absolute atomic E-state index is 0.450. The van der Waals surface area contributed by atoms with Crippen LogP contribution in [0.25, 0.3) is 11.0 Å². The summed E-state index contributed by atoms with van der Waals surface area (Å²) >= 11 is 6.03. The highest BCUT2D eigenvalue weighted by molar-refractivity contribution is 6.83. The third kappa shape index (κ3) is 2.26. The number of H-pyrrole nitrogens is 1. The van der Waals surface area contributed by atoms with Gasteiger partial charge in [-0.25, -0.2) is 9.97 Å². The van der Waals surface area contributed by atoms with Gasteiger partial charge in [0.05, 0.1) is 10.9 Å². The summed E-state index contributed by atoms with van der Waals surface area (Å²) in [5.74, 6) is 3.16. The van der Waals surface area contributed by atoms with Crippen LogP contribution in [0.3, 0.4) is 0 Å². The molecule has 0 saturated carbocycles. The Bertz CT molecular complexity index is 587. The second-order valence-electron chi connectivity index (χ2n) is 4.59. The lowest BCUT2D eigenvalue weighted by Gasteiger charge is -2.02. The normalized spacial score (nSPS) is 11.2. The quantitative estimate of drug-likeness (QED) is 0.443. The Morgan fingerprint density at radius 1 is 1.31 bits per heavy atom. The van der Waals surface area contributed by atoms with E-state index in [2.05, 4.69) is 46.1 Å². The third-order valence-electron chi connectivity index (χ3n) is 2.00. The average Bonchev–Trinajstić information content (AvgIpc) is 2.58. The van der Waals surface area contributed by atoms with Crippen molar-refractivity contribution in [1.82, 2.24) is 15.0 Å². The van der Waals surface area contributed by atoms with Gasteiger partial charge in [-0.3, -0.25) is 0 Å². The van der Waals surface area contributed by atoms with Crippen LogP contribution in [0.4, 0.5) is 0 Å². The van der Waals surface area contributed by atoms with Gasteiger partial charge in [0.15, 0.2) is 0 Å². The monoisotopic (exact) mass is 249 g/mol. The number of nitrogens with one attached hydrogen (secondary N) is 1. The van der Waals surface area contributed by atoms with Crippen molar-refractivity contribution in [2.45, 2.75) is 19.6 Å². The van der Waals surface area contributed by atoms with Gasteiger partial charge in [0.1, 0.15) is 25.2 Å². The van der Waals surface area contributed by atoms with E-state index in [1.165, 1.54) is 6.33 Å². The lowest BCUT2D eigenvalue weighted by Crippen LogP contribution is -2.16. The summed E-state index contributed by atoms with van der Waals surface area (Å²) in [7, 11) is -1.38. The van der Waals surface area contributed by atoms with Crippen molar-refractivity contribution < 1.29 is 0 Å². The van der Waals surface area contributed by atoms with Crippen LogP contribution in [0, 0.1) is 11.5 Å². The van der Waals surface area contributed by atoms with Crippen LogP contribution < -0.4 is 0 Å². The van der Waals surface area contributed by atoms with Gasteiger partial charge in [0.25, 0.3) is 0 Å². The molecule has 82 valence electrons. The second kappa shape index (κ2) is 3.93. The molecule has 0 aliphatic carbocycles. The largest absolute Gasteiger partial charge is 0.345 e. The van der Waals surface area contributed by atoms with Crippen LogP contribution in [0.15, 0.2) is 12.5 Å². The van der Waals surface area contributed by atoms with Crippen molar-refractivity contribution >= 4 is 30.7 Å². The molecule has 1 N–H and O–H groups in total. The molecule has 0 saturated heterocycles. The molecular weight excluding hydrogens is 238 g/mol. The number of hydrogen-bond donors (Lipinski definition) is 1. The van der Waals surface area contributed by atoms with Crippen molar-refractivity contribution in [1.29, 1.82) is 0 Å². The van der Waals surface area contributed by atoms with Gasteiger partial charge in [-0.2, -0.15) is 0 Å². The molecule has 5 heteroatoms. The fourth-order valence-electron chi connectivity index (χ4n) is 1.28. The molecule has 2 aromatic rings. The number of aromatic nitrogens is 3. The van der Waals surface area contributed by atoms with E-state index >= 15 is 0 Å². The summed E-state index contributed by atoms with van der Waals surface area (Å²) in [6.07, 6.45) is 3.27. The van der Waals surface area contributed by atoms with E-state index < -0.39 is 8.07 Å². The van der Waals surface area contributed by atoms with E-state index in [1.54, 1.807) is 0 Å². The van der Waals surface area contributed by atoms with Gasteiger partial charge in [0.2, 0.25) is 0 Å². The van der Waals surface area contributed by atoms with Crippen molar-refractivity contribution in [2.75, 3.05) is 0 Å². The maximum Gasteiger partial charge on any atom is 0.143 e. The maximum absolute atomic E-state index is 6.03. The zero-order valence-corrected chi connectivity index (χ0v) is 11.2. The molecule has 2 heterocycles. The predicted octanol–water partition coefficient (Wildman–Crippen LogP) is 2.84.